The van der Waals surface area contributed by atoms with Crippen LogP contribution in [0.15, 0.2) is 53.7 Å². The molecule has 140 valence electrons. The topological polar surface area (TPSA) is 47.2 Å². The van der Waals surface area contributed by atoms with E-state index < -0.39 is 0 Å². The van der Waals surface area contributed by atoms with Crippen molar-refractivity contribution in [1.29, 1.82) is 0 Å². The van der Waals surface area contributed by atoms with Gasteiger partial charge in [0.15, 0.2) is 0 Å². The van der Waals surface area contributed by atoms with Crippen molar-refractivity contribution >= 4 is 17.2 Å². The molecule has 0 spiro atoms. The first kappa shape index (κ1) is 19.2. The molecule has 2 aromatic heterocycles. The molecule has 5 heteroatoms. The van der Waals surface area contributed by atoms with Crippen LogP contribution in [-0.4, -0.2) is 15.5 Å². The molecule has 0 fully saturated rings. The summed E-state index contributed by atoms with van der Waals surface area (Å²) in [4.78, 5) is 22.3. The number of aryl methyl sites for hydroxylation is 2. The van der Waals surface area contributed by atoms with E-state index in [0.29, 0.717) is 22.8 Å². The van der Waals surface area contributed by atoms with Crippen molar-refractivity contribution < 1.29 is 4.79 Å². The standard InChI is InChI=1S/C22H25N3OS/c1-15(2)13-20-23-17(4)21(27-20)22(26)24-19-7-5-6-12-25(19)14-18-10-8-16(3)9-11-18/h5-12,15H,13-14H2,1-4H3. The summed E-state index contributed by atoms with van der Waals surface area (Å²) in [5, 5.41) is 1.00. The van der Waals surface area contributed by atoms with E-state index in [1.807, 2.05) is 35.9 Å². The number of benzene rings is 1. The van der Waals surface area contributed by atoms with Gasteiger partial charge in [-0.05, 0) is 37.5 Å². The molecule has 0 saturated heterocycles. The molecule has 0 saturated carbocycles. The average Bonchev–Trinajstić information content (AvgIpc) is 2.98. The van der Waals surface area contributed by atoms with Crippen LogP contribution < -0.4 is 5.49 Å². The van der Waals surface area contributed by atoms with E-state index in [1.54, 1.807) is 0 Å². The first-order valence-corrected chi connectivity index (χ1v) is 10.0. The minimum Gasteiger partial charge on any atom is -0.328 e. The lowest BCUT2D eigenvalue weighted by Crippen LogP contribution is -2.22. The maximum atomic E-state index is 12.8. The first-order valence-electron chi connectivity index (χ1n) is 9.18. The highest BCUT2D eigenvalue weighted by Gasteiger charge is 2.15. The van der Waals surface area contributed by atoms with Crippen LogP contribution in [0.1, 0.15) is 45.3 Å². The molecule has 0 radical (unpaired) electrons. The first-order chi connectivity index (χ1) is 12.9. The molecular formula is C22H25N3OS. The number of thiazole rings is 1. The van der Waals surface area contributed by atoms with Crippen LogP contribution >= 0.6 is 11.3 Å². The van der Waals surface area contributed by atoms with Crippen LogP contribution in [0.2, 0.25) is 0 Å². The third kappa shape index (κ3) is 5.01. The molecule has 0 aliphatic rings. The summed E-state index contributed by atoms with van der Waals surface area (Å²) in [5.74, 6) is 0.296. The van der Waals surface area contributed by atoms with Crippen molar-refractivity contribution in [2.45, 2.75) is 40.7 Å². The van der Waals surface area contributed by atoms with Gasteiger partial charge in [0, 0.05) is 19.2 Å². The Morgan fingerprint density at radius 1 is 1.15 bits per heavy atom. The van der Waals surface area contributed by atoms with E-state index in [4.69, 9.17) is 0 Å². The van der Waals surface area contributed by atoms with Crippen LogP contribution in [-0.2, 0) is 13.0 Å². The number of pyridine rings is 1. The van der Waals surface area contributed by atoms with Crippen molar-refractivity contribution in [2.24, 2.45) is 10.9 Å². The number of nitrogens with zero attached hydrogens (tertiary/aromatic N) is 3. The lowest BCUT2D eigenvalue weighted by atomic mass is 10.1. The fourth-order valence-corrected chi connectivity index (χ4v) is 4.00. The van der Waals surface area contributed by atoms with E-state index >= 15 is 0 Å². The summed E-state index contributed by atoms with van der Waals surface area (Å²) < 4.78 is 1.99. The van der Waals surface area contributed by atoms with Gasteiger partial charge in [0.2, 0.25) is 0 Å². The SMILES string of the molecule is Cc1ccc(Cn2ccccc2=NC(=O)c2sc(CC(C)C)nc2C)cc1. The number of amides is 1. The average molecular weight is 380 g/mol. The van der Waals surface area contributed by atoms with Gasteiger partial charge in [0.1, 0.15) is 10.4 Å². The lowest BCUT2D eigenvalue weighted by molar-refractivity contribution is 0.1000. The van der Waals surface area contributed by atoms with Crippen molar-refractivity contribution in [3.05, 3.63) is 80.9 Å². The van der Waals surface area contributed by atoms with E-state index in [1.165, 1.54) is 22.5 Å². The Kier molecular flexibility index (Phi) is 6.01. The van der Waals surface area contributed by atoms with E-state index in [-0.39, 0.29) is 5.91 Å². The summed E-state index contributed by atoms with van der Waals surface area (Å²) in [5.41, 5.74) is 3.83. The smallest absolute Gasteiger partial charge is 0.290 e. The third-order valence-corrected chi connectivity index (χ3v) is 5.39. The molecule has 0 atom stereocenters. The highest BCUT2D eigenvalue weighted by molar-refractivity contribution is 7.13. The van der Waals surface area contributed by atoms with Crippen LogP contribution in [0, 0.1) is 19.8 Å². The number of hydrogen-bond donors (Lipinski definition) is 0. The Morgan fingerprint density at radius 2 is 1.89 bits per heavy atom. The zero-order chi connectivity index (χ0) is 19.4. The quantitative estimate of drug-likeness (QED) is 0.653. The highest BCUT2D eigenvalue weighted by atomic mass is 32.1. The molecular weight excluding hydrogens is 354 g/mol. The summed E-state index contributed by atoms with van der Waals surface area (Å²) in [6, 6.07) is 14.1. The van der Waals surface area contributed by atoms with Crippen molar-refractivity contribution in [3.63, 3.8) is 0 Å². The van der Waals surface area contributed by atoms with E-state index in [2.05, 4.69) is 55.0 Å². The Labute approximate surface area is 164 Å². The fourth-order valence-electron chi connectivity index (χ4n) is 2.83. The Morgan fingerprint density at radius 3 is 2.59 bits per heavy atom. The van der Waals surface area contributed by atoms with Crippen LogP contribution in [0.5, 0.6) is 0 Å². The zero-order valence-electron chi connectivity index (χ0n) is 16.3. The summed E-state index contributed by atoms with van der Waals surface area (Å²) in [7, 11) is 0. The summed E-state index contributed by atoms with van der Waals surface area (Å²) in [6.45, 7) is 8.94. The van der Waals surface area contributed by atoms with Gasteiger partial charge in [-0.2, -0.15) is 4.99 Å². The van der Waals surface area contributed by atoms with Gasteiger partial charge < -0.3 is 4.57 Å². The number of carbonyl (C=O) groups excluding carboxylic acids is 1. The van der Waals surface area contributed by atoms with Crippen molar-refractivity contribution in [1.82, 2.24) is 9.55 Å². The molecule has 3 aromatic rings. The molecule has 0 N–H and O–H groups in total. The molecule has 2 heterocycles. The van der Waals surface area contributed by atoms with Gasteiger partial charge >= 0.3 is 0 Å². The van der Waals surface area contributed by atoms with Crippen molar-refractivity contribution in [2.75, 3.05) is 0 Å². The second-order valence-corrected chi connectivity index (χ2v) is 8.29. The third-order valence-electron chi connectivity index (χ3n) is 4.22. The minimum atomic E-state index is -0.219. The molecule has 1 aromatic carbocycles. The lowest BCUT2D eigenvalue weighted by Gasteiger charge is -2.07. The van der Waals surface area contributed by atoms with E-state index in [9.17, 15) is 4.79 Å². The Balaban J connectivity index is 1.90. The van der Waals surface area contributed by atoms with Gasteiger partial charge in [-0.15, -0.1) is 11.3 Å². The number of rotatable bonds is 5. The van der Waals surface area contributed by atoms with Crippen LogP contribution in [0.3, 0.4) is 0 Å². The predicted octanol–water partition coefficient (Wildman–Crippen LogP) is 4.55. The van der Waals surface area contributed by atoms with Gasteiger partial charge in [-0.25, -0.2) is 4.98 Å². The van der Waals surface area contributed by atoms with Crippen LogP contribution in [0.4, 0.5) is 0 Å². The van der Waals surface area contributed by atoms with Crippen molar-refractivity contribution in [3.8, 4) is 0 Å². The summed E-state index contributed by atoms with van der Waals surface area (Å²) >= 11 is 1.46. The molecule has 3 rings (SSSR count). The number of carbonyl (C=O) groups is 1. The molecule has 27 heavy (non-hydrogen) atoms. The minimum absolute atomic E-state index is 0.219. The molecule has 4 nitrogen and oxygen atoms in total. The van der Waals surface area contributed by atoms with Gasteiger partial charge in [-0.1, -0.05) is 49.7 Å². The van der Waals surface area contributed by atoms with E-state index in [0.717, 1.165) is 17.1 Å². The second kappa shape index (κ2) is 8.44. The maximum Gasteiger partial charge on any atom is 0.290 e. The second-order valence-electron chi connectivity index (χ2n) is 7.21. The Hall–Kier alpha value is -2.53. The largest absolute Gasteiger partial charge is 0.328 e. The van der Waals surface area contributed by atoms with Gasteiger partial charge in [0.25, 0.3) is 5.91 Å². The fraction of sp³-hybridized carbons (Fsp3) is 0.318. The molecule has 0 aliphatic heterocycles. The molecule has 0 aliphatic carbocycles. The van der Waals surface area contributed by atoms with Gasteiger partial charge in [0.05, 0.1) is 10.7 Å². The molecule has 0 bridgehead atoms. The molecule has 0 unspecified atom stereocenters. The normalized spacial score (nSPS) is 12.0. The number of aromatic nitrogens is 2. The predicted molar refractivity (Wildman–Crippen MR) is 110 cm³/mol. The maximum absolute atomic E-state index is 12.8. The van der Waals surface area contributed by atoms with Crippen LogP contribution in [0.25, 0.3) is 0 Å². The van der Waals surface area contributed by atoms with Gasteiger partial charge in [-0.3, -0.25) is 4.79 Å². The molecule has 1 amide bonds. The Bertz CT molecular complexity index is 997. The summed E-state index contributed by atoms with van der Waals surface area (Å²) in [6.07, 6.45) is 2.84. The number of hydrogen-bond acceptors (Lipinski definition) is 3. The highest BCUT2D eigenvalue weighted by Crippen LogP contribution is 2.21. The monoisotopic (exact) mass is 379 g/mol. The zero-order valence-corrected chi connectivity index (χ0v) is 17.1.